The minimum atomic E-state index is 0.914. The number of likely N-dealkylation sites (N-methyl/N-ethyl adjacent to an activating group) is 1. The van der Waals surface area contributed by atoms with Gasteiger partial charge in [0.1, 0.15) is 5.75 Å². The van der Waals surface area contributed by atoms with E-state index in [2.05, 4.69) is 49.4 Å². The Bertz CT molecular complexity index is 627. The Hall–Kier alpha value is -1.74. The first-order valence-corrected chi connectivity index (χ1v) is 7.57. The van der Waals surface area contributed by atoms with Crippen molar-refractivity contribution in [1.29, 1.82) is 0 Å². The maximum atomic E-state index is 5.35. The fourth-order valence-electron chi connectivity index (χ4n) is 2.81. The van der Waals surface area contributed by atoms with Crippen molar-refractivity contribution in [2.24, 2.45) is 0 Å². The van der Waals surface area contributed by atoms with Crippen LogP contribution in [0.2, 0.25) is 0 Å². The van der Waals surface area contributed by atoms with Crippen LogP contribution in [0.5, 0.6) is 5.75 Å². The van der Waals surface area contributed by atoms with E-state index >= 15 is 0 Å². The molecule has 0 radical (unpaired) electrons. The van der Waals surface area contributed by atoms with E-state index in [0.29, 0.717) is 0 Å². The van der Waals surface area contributed by atoms with Crippen molar-refractivity contribution >= 4 is 10.9 Å². The van der Waals surface area contributed by atoms with E-state index in [1.54, 1.807) is 7.11 Å². The quantitative estimate of drug-likeness (QED) is 0.781. The number of hydrogen-bond donors (Lipinski definition) is 1. The molecule has 0 amide bonds. The third-order valence-electron chi connectivity index (χ3n) is 3.95. The predicted octanol–water partition coefficient (Wildman–Crippen LogP) is 3.93. The molecular weight excluding hydrogens is 260 g/mol. The number of benzene rings is 1. The Balaban J connectivity index is 2.20. The van der Waals surface area contributed by atoms with E-state index < -0.39 is 0 Å². The Morgan fingerprint density at radius 1 is 1.38 bits per heavy atom. The molecule has 1 heterocycles. The number of nitrogens with zero attached hydrogens (tertiary/aromatic N) is 1. The molecule has 0 aliphatic heterocycles. The lowest BCUT2D eigenvalue weighted by Gasteiger charge is -2.20. The highest BCUT2D eigenvalue weighted by Gasteiger charge is 2.11. The van der Waals surface area contributed by atoms with Gasteiger partial charge in [0.15, 0.2) is 0 Å². The molecule has 3 nitrogen and oxygen atoms in total. The molecule has 0 saturated heterocycles. The van der Waals surface area contributed by atoms with Crippen LogP contribution in [0.3, 0.4) is 0 Å². The molecule has 114 valence electrons. The molecular formula is C18H26N2O. The van der Waals surface area contributed by atoms with Gasteiger partial charge in [0.05, 0.1) is 7.11 Å². The first-order chi connectivity index (χ1) is 10.0. The van der Waals surface area contributed by atoms with Gasteiger partial charge in [-0.3, -0.25) is 4.90 Å². The van der Waals surface area contributed by atoms with E-state index in [4.69, 9.17) is 4.74 Å². The molecule has 0 aliphatic rings. The Labute approximate surface area is 127 Å². The van der Waals surface area contributed by atoms with Gasteiger partial charge in [-0.25, -0.2) is 0 Å². The number of aromatic nitrogens is 1. The Kier molecular flexibility index (Phi) is 5.07. The smallest absolute Gasteiger partial charge is 0.119 e. The number of fused-ring (bicyclic) bond motifs is 1. The van der Waals surface area contributed by atoms with E-state index in [9.17, 15) is 0 Å². The van der Waals surface area contributed by atoms with Gasteiger partial charge in [-0.05, 0) is 50.6 Å². The van der Waals surface area contributed by atoms with E-state index in [-0.39, 0.29) is 0 Å². The zero-order chi connectivity index (χ0) is 15.4. The van der Waals surface area contributed by atoms with Crippen LogP contribution < -0.4 is 4.74 Å². The van der Waals surface area contributed by atoms with E-state index in [1.807, 2.05) is 6.07 Å². The number of rotatable bonds is 7. The monoisotopic (exact) mass is 286 g/mol. The van der Waals surface area contributed by atoms with Crippen molar-refractivity contribution in [3.05, 3.63) is 41.6 Å². The van der Waals surface area contributed by atoms with Crippen LogP contribution in [-0.4, -0.2) is 36.6 Å². The van der Waals surface area contributed by atoms with Crippen LogP contribution >= 0.6 is 0 Å². The minimum absolute atomic E-state index is 0.914. The summed E-state index contributed by atoms with van der Waals surface area (Å²) >= 11 is 0. The van der Waals surface area contributed by atoms with Gasteiger partial charge in [-0.1, -0.05) is 19.1 Å². The molecule has 21 heavy (non-hydrogen) atoms. The van der Waals surface area contributed by atoms with Gasteiger partial charge in [0, 0.05) is 29.7 Å². The number of hydrogen-bond acceptors (Lipinski definition) is 2. The van der Waals surface area contributed by atoms with Crippen molar-refractivity contribution in [3.63, 3.8) is 0 Å². The van der Waals surface area contributed by atoms with Crippen LogP contribution in [0.1, 0.15) is 25.1 Å². The number of methoxy groups -OCH3 is 1. The fourth-order valence-corrected chi connectivity index (χ4v) is 2.81. The van der Waals surface area contributed by atoms with Crippen LogP contribution in [0, 0.1) is 6.92 Å². The zero-order valence-electron chi connectivity index (χ0n) is 13.6. The number of aryl methyl sites for hydroxylation is 1. The standard InChI is InChI=1S/C18H26N2O/c1-6-20(12-13(2)3)10-9-16-14(4)19-18-8-7-15(21-5)11-17(16)18/h7-8,11,19H,2,6,9-10,12H2,1,3-5H3. The first kappa shape index (κ1) is 15.6. The second-order valence-corrected chi connectivity index (χ2v) is 5.72. The topological polar surface area (TPSA) is 28.3 Å². The molecule has 3 heteroatoms. The highest BCUT2D eigenvalue weighted by atomic mass is 16.5. The van der Waals surface area contributed by atoms with Crippen LogP contribution in [0.4, 0.5) is 0 Å². The third kappa shape index (κ3) is 3.67. The van der Waals surface area contributed by atoms with Gasteiger partial charge in [0.2, 0.25) is 0 Å². The molecule has 0 saturated carbocycles. The molecule has 0 fully saturated rings. The van der Waals surface area contributed by atoms with Gasteiger partial charge in [-0.15, -0.1) is 0 Å². The lowest BCUT2D eigenvalue weighted by atomic mass is 10.1. The van der Waals surface area contributed by atoms with Crippen molar-refractivity contribution < 1.29 is 4.74 Å². The maximum absolute atomic E-state index is 5.35. The van der Waals surface area contributed by atoms with Crippen LogP contribution in [0.25, 0.3) is 10.9 Å². The summed E-state index contributed by atoms with van der Waals surface area (Å²) in [6.07, 6.45) is 1.04. The molecule has 0 bridgehead atoms. The summed E-state index contributed by atoms with van der Waals surface area (Å²) in [6.45, 7) is 13.5. The lowest BCUT2D eigenvalue weighted by molar-refractivity contribution is 0.317. The summed E-state index contributed by atoms with van der Waals surface area (Å²) in [7, 11) is 1.71. The summed E-state index contributed by atoms with van der Waals surface area (Å²) in [4.78, 5) is 5.90. The van der Waals surface area contributed by atoms with Gasteiger partial charge >= 0.3 is 0 Å². The molecule has 0 unspecified atom stereocenters. The van der Waals surface area contributed by atoms with E-state index in [1.165, 1.54) is 27.7 Å². The SMILES string of the molecule is C=C(C)CN(CC)CCc1c(C)[nH]c2ccc(OC)cc12. The molecule has 1 aromatic carbocycles. The summed E-state index contributed by atoms with van der Waals surface area (Å²) in [6, 6.07) is 6.22. The van der Waals surface area contributed by atoms with Gasteiger partial charge in [0.25, 0.3) is 0 Å². The van der Waals surface area contributed by atoms with Crippen molar-refractivity contribution in [2.75, 3.05) is 26.7 Å². The average molecular weight is 286 g/mol. The maximum Gasteiger partial charge on any atom is 0.119 e. The molecule has 1 N–H and O–H groups in total. The molecule has 1 aromatic heterocycles. The van der Waals surface area contributed by atoms with E-state index in [0.717, 1.165) is 31.8 Å². The number of aromatic amines is 1. The molecule has 0 aliphatic carbocycles. The number of ether oxygens (including phenoxy) is 1. The molecule has 0 atom stereocenters. The number of nitrogens with one attached hydrogen (secondary N) is 1. The summed E-state index contributed by atoms with van der Waals surface area (Å²) in [5, 5.41) is 1.28. The molecule has 2 rings (SSSR count). The van der Waals surface area contributed by atoms with Gasteiger partial charge < -0.3 is 9.72 Å². The molecule has 2 aromatic rings. The average Bonchev–Trinajstić information content (AvgIpc) is 2.77. The normalized spacial score (nSPS) is 11.3. The summed E-state index contributed by atoms with van der Waals surface area (Å²) in [5.74, 6) is 0.914. The first-order valence-electron chi connectivity index (χ1n) is 7.57. The lowest BCUT2D eigenvalue weighted by Crippen LogP contribution is -2.27. The van der Waals surface area contributed by atoms with Gasteiger partial charge in [-0.2, -0.15) is 0 Å². The Morgan fingerprint density at radius 3 is 2.76 bits per heavy atom. The van der Waals surface area contributed by atoms with Crippen molar-refractivity contribution in [3.8, 4) is 5.75 Å². The summed E-state index contributed by atoms with van der Waals surface area (Å²) < 4.78 is 5.35. The van der Waals surface area contributed by atoms with Crippen molar-refractivity contribution in [1.82, 2.24) is 9.88 Å². The van der Waals surface area contributed by atoms with Crippen LogP contribution in [-0.2, 0) is 6.42 Å². The largest absolute Gasteiger partial charge is 0.497 e. The molecule has 0 spiro atoms. The number of H-pyrrole nitrogens is 1. The summed E-state index contributed by atoms with van der Waals surface area (Å²) in [5.41, 5.74) is 5.05. The third-order valence-corrected chi connectivity index (χ3v) is 3.95. The highest BCUT2D eigenvalue weighted by molar-refractivity contribution is 5.86. The predicted molar refractivity (Wildman–Crippen MR) is 90.2 cm³/mol. The fraction of sp³-hybridized carbons (Fsp3) is 0.444. The second-order valence-electron chi connectivity index (χ2n) is 5.72. The Morgan fingerprint density at radius 2 is 2.14 bits per heavy atom. The van der Waals surface area contributed by atoms with Crippen molar-refractivity contribution in [2.45, 2.75) is 27.2 Å². The van der Waals surface area contributed by atoms with Crippen LogP contribution in [0.15, 0.2) is 30.4 Å². The highest BCUT2D eigenvalue weighted by Crippen LogP contribution is 2.26. The zero-order valence-corrected chi connectivity index (χ0v) is 13.6. The minimum Gasteiger partial charge on any atom is -0.497 e. The second kappa shape index (κ2) is 6.81.